The molecule has 2 saturated carbocycles. The summed E-state index contributed by atoms with van der Waals surface area (Å²) in [6.07, 6.45) is 15.7. The Morgan fingerprint density at radius 2 is 1.37 bits per heavy atom. The molecule has 0 radical (unpaired) electrons. The maximum absolute atomic E-state index is 5.97. The molecule has 19 heavy (non-hydrogen) atoms. The molecule has 0 saturated heterocycles. The fraction of sp³-hybridized carbons (Fsp3) is 1.00. The van der Waals surface area contributed by atoms with E-state index in [-0.39, 0.29) is 5.60 Å². The van der Waals surface area contributed by atoms with Crippen molar-refractivity contribution in [3.63, 3.8) is 0 Å². The summed E-state index contributed by atoms with van der Waals surface area (Å²) in [6.45, 7) is 4.68. The van der Waals surface area contributed by atoms with Gasteiger partial charge in [-0.1, -0.05) is 71.1 Å². The van der Waals surface area contributed by atoms with Crippen LogP contribution in [0.1, 0.15) is 84.5 Å². The van der Waals surface area contributed by atoms with E-state index in [4.69, 9.17) is 4.52 Å². The zero-order chi connectivity index (χ0) is 13.7. The molecule has 0 heterocycles. The molecule has 0 spiro atoms. The summed E-state index contributed by atoms with van der Waals surface area (Å²) in [6, 6.07) is 0. The molecule has 0 bridgehead atoms. The molecule has 2 unspecified atom stereocenters. The quantitative estimate of drug-likeness (QED) is 0.585. The Morgan fingerprint density at radius 3 is 1.68 bits per heavy atom. The van der Waals surface area contributed by atoms with Crippen LogP contribution in [0.5, 0.6) is 0 Å². The van der Waals surface area contributed by atoms with E-state index in [9.17, 15) is 0 Å². The van der Waals surface area contributed by atoms with Gasteiger partial charge in [-0.3, -0.25) is 0 Å². The molecule has 2 aliphatic rings. The monoisotopic (exact) mass is 284 g/mol. The lowest BCUT2D eigenvalue weighted by Gasteiger charge is -2.47. The molecule has 2 fully saturated rings. The highest BCUT2D eigenvalue weighted by atomic mass is 31.0. The predicted molar refractivity (Wildman–Crippen MR) is 86.1 cm³/mol. The van der Waals surface area contributed by atoms with Crippen LogP contribution in [-0.4, -0.2) is 5.60 Å². The van der Waals surface area contributed by atoms with Gasteiger partial charge in [-0.25, -0.2) is 0 Å². The van der Waals surface area contributed by atoms with E-state index in [2.05, 4.69) is 23.3 Å². The second kappa shape index (κ2) is 7.41. The van der Waals surface area contributed by atoms with Gasteiger partial charge in [-0.2, -0.15) is 0 Å². The molecule has 2 heteroatoms. The second-order valence-electron chi connectivity index (χ2n) is 7.11. The summed E-state index contributed by atoms with van der Waals surface area (Å²) < 4.78 is 5.97. The third-order valence-electron chi connectivity index (χ3n) is 5.99. The van der Waals surface area contributed by atoms with Gasteiger partial charge in [-0.15, -0.1) is 0 Å². The van der Waals surface area contributed by atoms with Crippen molar-refractivity contribution in [2.45, 2.75) is 90.1 Å². The van der Waals surface area contributed by atoms with Crippen molar-refractivity contribution < 1.29 is 4.52 Å². The molecule has 2 rings (SSSR count). The smallest absolute Gasteiger partial charge is 0.0720 e. The maximum atomic E-state index is 5.97. The standard InChI is InChI=1S/C17H33OP/c1-3-17(2,18-19)16(14-10-6-4-7-11-14)15-12-8-5-9-13-15/h14-16H,3-13,19H2,1-2H3. The number of hydrogen-bond acceptors (Lipinski definition) is 1. The molecule has 0 aromatic rings. The van der Waals surface area contributed by atoms with Crippen molar-refractivity contribution in [1.29, 1.82) is 0 Å². The maximum Gasteiger partial charge on any atom is 0.0720 e. The van der Waals surface area contributed by atoms with Crippen molar-refractivity contribution in [3.8, 4) is 0 Å². The van der Waals surface area contributed by atoms with Gasteiger partial charge in [0.15, 0.2) is 0 Å². The summed E-state index contributed by atoms with van der Waals surface area (Å²) in [5, 5.41) is 0. The summed E-state index contributed by atoms with van der Waals surface area (Å²) in [7, 11) is 2.58. The summed E-state index contributed by atoms with van der Waals surface area (Å²) in [5.41, 5.74) is 0.0781. The first kappa shape index (κ1) is 15.8. The SMILES string of the molecule is CCC(C)(OP)C(C1CCCCC1)C1CCCCC1. The summed E-state index contributed by atoms with van der Waals surface area (Å²) in [4.78, 5) is 0. The summed E-state index contributed by atoms with van der Waals surface area (Å²) in [5.74, 6) is 2.63. The van der Waals surface area contributed by atoms with Gasteiger partial charge in [0.05, 0.1) is 5.60 Å². The first-order valence-corrected chi connectivity index (χ1v) is 9.06. The largest absolute Gasteiger partial charge is 0.359 e. The molecule has 1 nitrogen and oxygen atoms in total. The Bertz CT molecular complexity index is 232. The third-order valence-corrected chi connectivity index (χ3v) is 6.53. The van der Waals surface area contributed by atoms with Crippen LogP contribution in [0.25, 0.3) is 0 Å². The fourth-order valence-electron chi connectivity index (χ4n) is 4.77. The number of hydrogen-bond donors (Lipinski definition) is 0. The molecule has 2 aliphatic carbocycles. The van der Waals surface area contributed by atoms with Crippen LogP contribution in [0, 0.1) is 17.8 Å². The van der Waals surface area contributed by atoms with Crippen LogP contribution in [0.3, 0.4) is 0 Å². The van der Waals surface area contributed by atoms with Crippen LogP contribution in [0.4, 0.5) is 0 Å². The van der Waals surface area contributed by atoms with E-state index in [1.807, 2.05) is 0 Å². The molecule has 112 valence electrons. The van der Waals surface area contributed by atoms with Crippen molar-refractivity contribution in [1.82, 2.24) is 0 Å². The minimum atomic E-state index is 0.0781. The van der Waals surface area contributed by atoms with Gasteiger partial charge in [0.25, 0.3) is 0 Å². The van der Waals surface area contributed by atoms with Crippen molar-refractivity contribution >= 4 is 9.47 Å². The number of rotatable bonds is 5. The second-order valence-corrected chi connectivity index (χ2v) is 7.34. The lowest BCUT2D eigenvalue weighted by atomic mass is 9.63. The molecular formula is C17H33OP. The Hall–Kier alpha value is 0.390. The lowest BCUT2D eigenvalue weighted by molar-refractivity contribution is -0.0414. The van der Waals surface area contributed by atoms with Gasteiger partial charge >= 0.3 is 0 Å². The van der Waals surface area contributed by atoms with Gasteiger partial charge in [0.1, 0.15) is 0 Å². The molecule has 0 aromatic carbocycles. The average molecular weight is 284 g/mol. The molecule has 2 atom stereocenters. The average Bonchev–Trinajstić information content (AvgIpc) is 2.49. The highest BCUT2D eigenvalue weighted by Crippen LogP contribution is 2.48. The molecular weight excluding hydrogens is 251 g/mol. The molecule has 0 aliphatic heterocycles. The van der Waals surface area contributed by atoms with Crippen LogP contribution in [-0.2, 0) is 4.52 Å². The minimum Gasteiger partial charge on any atom is -0.359 e. The molecule has 0 N–H and O–H groups in total. The van der Waals surface area contributed by atoms with E-state index in [1.54, 1.807) is 0 Å². The Balaban J connectivity index is 2.15. The van der Waals surface area contributed by atoms with Crippen LogP contribution in [0.2, 0.25) is 0 Å². The Labute approximate surface area is 122 Å². The van der Waals surface area contributed by atoms with Crippen molar-refractivity contribution in [3.05, 3.63) is 0 Å². The van der Waals surface area contributed by atoms with E-state index in [0.717, 1.165) is 24.2 Å². The molecule has 0 amide bonds. The lowest BCUT2D eigenvalue weighted by Crippen LogP contribution is -2.45. The van der Waals surface area contributed by atoms with Gasteiger partial charge in [-0.05, 0) is 31.1 Å². The first-order chi connectivity index (χ1) is 9.21. The van der Waals surface area contributed by atoms with Gasteiger partial charge in [0, 0.05) is 9.47 Å². The van der Waals surface area contributed by atoms with Gasteiger partial charge in [0.2, 0.25) is 0 Å². The van der Waals surface area contributed by atoms with Crippen LogP contribution >= 0.6 is 9.47 Å². The minimum absolute atomic E-state index is 0.0781. The Morgan fingerprint density at radius 1 is 0.947 bits per heavy atom. The zero-order valence-electron chi connectivity index (χ0n) is 13.0. The van der Waals surface area contributed by atoms with Crippen LogP contribution < -0.4 is 0 Å². The highest BCUT2D eigenvalue weighted by Gasteiger charge is 2.43. The highest BCUT2D eigenvalue weighted by molar-refractivity contribution is 7.09. The van der Waals surface area contributed by atoms with Gasteiger partial charge < -0.3 is 4.52 Å². The first-order valence-electron chi connectivity index (χ1n) is 8.59. The topological polar surface area (TPSA) is 9.23 Å². The van der Waals surface area contributed by atoms with Crippen molar-refractivity contribution in [2.75, 3.05) is 0 Å². The van der Waals surface area contributed by atoms with E-state index < -0.39 is 0 Å². The summed E-state index contributed by atoms with van der Waals surface area (Å²) >= 11 is 0. The van der Waals surface area contributed by atoms with E-state index in [1.165, 1.54) is 64.2 Å². The zero-order valence-corrected chi connectivity index (χ0v) is 14.2. The molecule has 0 aromatic heterocycles. The predicted octanol–water partition coefficient (Wildman–Crippen LogP) is 5.74. The third kappa shape index (κ3) is 3.73. The fourth-order valence-corrected chi connectivity index (χ4v) is 5.09. The van der Waals surface area contributed by atoms with E-state index in [0.29, 0.717) is 0 Å². The van der Waals surface area contributed by atoms with E-state index >= 15 is 0 Å². The Kier molecular flexibility index (Phi) is 6.15. The normalized spacial score (nSPS) is 26.5. The van der Waals surface area contributed by atoms with Crippen LogP contribution in [0.15, 0.2) is 0 Å². The van der Waals surface area contributed by atoms with Crippen molar-refractivity contribution in [2.24, 2.45) is 17.8 Å².